The number of hydrogen-bond donors (Lipinski definition) is 3. The molecule has 2 heterocycles. The fraction of sp³-hybridized carbons (Fsp3) is 0.238. The first-order valence-corrected chi connectivity index (χ1v) is 9.66. The van der Waals surface area contributed by atoms with E-state index in [1.165, 1.54) is 17.0 Å². The van der Waals surface area contributed by atoms with Gasteiger partial charge < -0.3 is 14.8 Å². The summed E-state index contributed by atoms with van der Waals surface area (Å²) in [6.45, 7) is 4.08. The molecule has 0 bridgehead atoms. The molecule has 3 N–H and O–H groups in total. The molecule has 2 aromatic carbocycles. The van der Waals surface area contributed by atoms with Crippen LogP contribution in [0.3, 0.4) is 0 Å². The van der Waals surface area contributed by atoms with Gasteiger partial charge in [0.1, 0.15) is 11.5 Å². The Kier molecular flexibility index (Phi) is 8.43. The van der Waals surface area contributed by atoms with Crippen molar-refractivity contribution in [2.24, 2.45) is 7.05 Å². The van der Waals surface area contributed by atoms with E-state index in [1.807, 2.05) is 24.6 Å². The van der Waals surface area contributed by atoms with E-state index >= 15 is 0 Å². The van der Waals surface area contributed by atoms with Gasteiger partial charge in [-0.05, 0) is 60.5 Å². The van der Waals surface area contributed by atoms with Crippen molar-refractivity contribution in [2.75, 3.05) is 0 Å². The van der Waals surface area contributed by atoms with E-state index in [1.54, 1.807) is 6.07 Å². The number of phenols is 2. The van der Waals surface area contributed by atoms with Crippen molar-refractivity contribution in [3.63, 3.8) is 0 Å². The molecule has 0 amide bonds. The summed E-state index contributed by atoms with van der Waals surface area (Å²) in [6, 6.07) is 9.27. The average molecular weight is 440 g/mol. The number of fused-ring (bicyclic) bond motifs is 1. The number of hydrogen-bond acceptors (Lipinski definition) is 4. The zero-order valence-electron chi connectivity index (χ0n) is 18.0. The van der Waals surface area contributed by atoms with Gasteiger partial charge in [-0.3, -0.25) is 9.67 Å². The normalized spacial score (nSPS) is 10.6. The minimum Gasteiger partial charge on any atom is -0.508 e. The van der Waals surface area contributed by atoms with Crippen molar-refractivity contribution in [1.82, 2.24) is 19.3 Å². The average Bonchev–Trinajstić information content (AvgIpc) is 3.21. The molecule has 0 fully saturated rings. The van der Waals surface area contributed by atoms with Crippen molar-refractivity contribution < 1.29 is 10.2 Å². The quantitative estimate of drug-likeness (QED) is 0.333. The maximum atomic E-state index is 10.4. The largest absolute Gasteiger partial charge is 0.508 e. The number of aromatic hydroxyl groups is 2. The molecule has 0 saturated heterocycles. The third-order valence-electron chi connectivity index (χ3n) is 5.19. The molecule has 0 atom stereocenters. The Morgan fingerprint density at radius 1 is 1.00 bits per heavy atom. The minimum absolute atomic E-state index is 0. The second-order valence-electron chi connectivity index (χ2n) is 6.86. The first-order chi connectivity index (χ1) is 13.4. The number of rotatable bonds is 4. The van der Waals surface area contributed by atoms with Gasteiger partial charge in [0.25, 0.3) is 0 Å². The summed E-state index contributed by atoms with van der Waals surface area (Å²) >= 11 is 5.48. The standard InChI is InChI=1S/C21H22N4O2S.2Na/c1-4-12-8-16(19(27)10-18(12)26)20-22-23-21(28)25(20)14-6-7-17-15(9-14)13(5-2)11-24(17)3;;/h6-11,26-27H,4-5H2,1-3H3,(H,23,28);;. The Morgan fingerprint density at radius 2 is 1.70 bits per heavy atom. The van der Waals surface area contributed by atoms with Gasteiger partial charge >= 0.3 is 0 Å². The fourth-order valence-electron chi connectivity index (χ4n) is 3.68. The molecule has 146 valence electrons. The molecule has 30 heavy (non-hydrogen) atoms. The fourth-order valence-corrected chi connectivity index (χ4v) is 3.92. The zero-order valence-corrected chi connectivity index (χ0v) is 22.8. The van der Waals surface area contributed by atoms with Crippen LogP contribution in [0.15, 0.2) is 36.5 Å². The molecule has 0 unspecified atom stereocenters. The Balaban J connectivity index is 0.00000160. The summed E-state index contributed by atoms with van der Waals surface area (Å²) < 4.78 is 4.37. The molecular formula is C21H22N4Na2O2S. The number of aromatic amines is 1. The Bertz CT molecular complexity index is 1260. The van der Waals surface area contributed by atoms with Crippen molar-refractivity contribution in [2.45, 2.75) is 26.7 Å². The zero-order chi connectivity index (χ0) is 20.0. The predicted octanol–water partition coefficient (Wildman–Crippen LogP) is 3.86. The van der Waals surface area contributed by atoms with Gasteiger partial charge in [-0.25, -0.2) is 0 Å². The summed E-state index contributed by atoms with van der Waals surface area (Å²) in [5, 5.41) is 28.8. The van der Waals surface area contributed by atoms with Crippen molar-refractivity contribution in [3.8, 4) is 28.6 Å². The van der Waals surface area contributed by atoms with Gasteiger partial charge in [0.15, 0.2) is 10.6 Å². The van der Waals surface area contributed by atoms with Crippen molar-refractivity contribution in [3.05, 3.63) is 52.4 Å². The van der Waals surface area contributed by atoms with Crippen LogP contribution >= 0.6 is 12.2 Å². The summed E-state index contributed by atoms with van der Waals surface area (Å²) in [7, 11) is 2.04. The third-order valence-corrected chi connectivity index (χ3v) is 5.46. The van der Waals surface area contributed by atoms with Gasteiger partial charge in [-0.1, -0.05) is 13.8 Å². The Morgan fingerprint density at radius 3 is 2.37 bits per heavy atom. The molecule has 4 aromatic rings. The molecule has 0 spiro atoms. The van der Waals surface area contributed by atoms with Gasteiger partial charge in [0, 0.05) is 89.3 Å². The van der Waals surface area contributed by atoms with E-state index in [4.69, 9.17) is 12.2 Å². The van der Waals surface area contributed by atoms with Crippen molar-refractivity contribution >= 4 is 82.2 Å². The van der Waals surface area contributed by atoms with E-state index < -0.39 is 0 Å². The van der Waals surface area contributed by atoms with Gasteiger partial charge in [-0.2, -0.15) is 5.10 Å². The monoisotopic (exact) mass is 440 g/mol. The van der Waals surface area contributed by atoms with Crippen LogP contribution in [0, 0.1) is 4.77 Å². The predicted molar refractivity (Wildman–Crippen MR) is 124 cm³/mol. The van der Waals surface area contributed by atoms with E-state index in [2.05, 4.69) is 40.0 Å². The molecule has 0 aliphatic carbocycles. The maximum Gasteiger partial charge on any atom is 0.200 e. The van der Waals surface area contributed by atoms with Crippen LogP contribution in [0.25, 0.3) is 28.0 Å². The van der Waals surface area contributed by atoms with Crippen LogP contribution in [0.2, 0.25) is 0 Å². The van der Waals surface area contributed by atoms with Crippen LogP contribution in [-0.4, -0.2) is 88.7 Å². The summed E-state index contributed by atoms with van der Waals surface area (Å²) in [6.07, 6.45) is 3.71. The molecule has 6 nitrogen and oxygen atoms in total. The molecule has 4 rings (SSSR count). The van der Waals surface area contributed by atoms with Crippen LogP contribution < -0.4 is 0 Å². The van der Waals surface area contributed by atoms with Gasteiger partial charge in [0.2, 0.25) is 0 Å². The van der Waals surface area contributed by atoms with Crippen LogP contribution in [0.4, 0.5) is 0 Å². The molecule has 2 radical (unpaired) electrons. The Labute approximate surface area is 224 Å². The summed E-state index contributed by atoms with van der Waals surface area (Å²) in [5.74, 6) is 0.535. The number of aromatic nitrogens is 4. The summed E-state index contributed by atoms with van der Waals surface area (Å²) in [4.78, 5) is 0. The van der Waals surface area contributed by atoms with E-state index in [-0.39, 0.29) is 70.6 Å². The van der Waals surface area contributed by atoms with E-state index in [0.29, 0.717) is 22.6 Å². The van der Waals surface area contributed by atoms with Gasteiger partial charge in [-0.15, -0.1) is 0 Å². The maximum absolute atomic E-state index is 10.4. The molecule has 9 heteroatoms. The smallest absolute Gasteiger partial charge is 0.200 e. The number of nitrogens with one attached hydrogen (secondary N) is 1. The second kappa shape index (κ2) is 10.0. The molecule has 0 aliphatic rings. The van der Waals surface area contributed by atoms with Crippen LogP contribution in [0.1, 0.15) is 25.0 Å². The minimum atomic E-state index is -0.0417. The summed E-state index contributed by atoms with van der Waals surface area (Å²) in [5.41, 5.74) is 4.54. The second-order valence-corrected chi connectivity index (χ2v) is 7.25. The number of benzene rings is 2. The number of phenolic OH excluding ortho intramolecular Hbond substituents is 2. The molecule has 0 aliphatic heterocycles. The number of H-pyrrole nitrogens is 1. The van der Waals surface area contributed by atoms with Gasteiger partial charge in [0.05, 0.1) is 11.3 Å². The SMILES string of the molecule is CCc1cc(-c2n[nH]c(=S)n2-c2ccc3c(c2)c(CC)cn3C)c(O)cc1O.[Na].[Na]. The third kappa shape index (κ3) is 4.30. The molecule has 0 saturated carbocycles. The van der Waals surface area contributed by atoms with Crippen molar-refractivity contribution in [1.29, 1.82) is 0 Å². The van der Waals surface area contributed by atoms with Crippen LogP contribution in [0.5, 0.6) is 11.5 Å². The Hall–Kier alpha value is -1.06. The molecule has 2 aromatic heterocycles. The topological polar surface area (TPSA) is 79.0 Å². The number of nitrogens with zero attached hydrogens (tertiary/aromatic N) is 3. The first-order valence-electron chi connectivity index (χ1n) is 9.25. The first kappa shape index (κ1) is 25.2. The number of aryl methyl sites for hydroxylation is 3. The van der Waals surface area contributed by atoms with Crippen LogP contribution in [-0.2, 0) is 19.9 Å². The molecular weight excluding hydrogens is 418 g/mol. The van der Waals surface area contributed by atoms with E-state index in [9.17, 15) is 10.2 Å². The van der Waals surface area contributed by atoms with E-state index in [0.717, 1.165) is 23.2 Å².